The third-order valence-electron chi connectivity index (χ3n) is 3.26. The van der Waals surface area contributed by atoms with Crippen molar-refractivity contribution in [3.05, 3.63) is 28.8 Å². The molecule has 0 spiro atoms. The number of rotatable bonds is 1. The highest BCUT2D eigenvalue weighted by Crippen LogP contribution is 2.40. The van der Waals surface area contributed by atoms with Gasteiger partial charge in [-0.15, -0.1) is 0 Å². The van der Waals surface area contributed by atoms with Crippen LogP contribution in [-0.2, 0) is 0 Å². The summed E-state index contributed by atoms with van der Waals surface area (Å²) in [6.45, 7) is 10.2. The van der Waals surface area contributed by atoms with Crippen molar-refractivity contribution < 1.29 is 9.53 Å². The van der Waals surface area contributed by atoms with Gasteiger partial charge in [-0.05, 0) is 37.8 Å². The van der Waals surface area contributed by atoms with Gasteiger partial charge in [0.05, 0.1) is 12.0 Å². The minimum atomic E-state index is -0.387. The van der Waals surface area contributed by atoms with E-state index in [1.54, 1.807) is 0 Å². The zero-order valence-electron chi connectivity index (χ0n) is 11.3. The van der Waals surface area contributed by atoms with Crippen LogP contribution in [0.2, 0.25) is 0 Å². The summed E-state index contributed by atoms with van der Waals surface area (Å²) in [4.78, 5) is 12.2. The van der Waals surface area contributed by atoms with Crippen LogP contribution in [0.15, 0.2) is 12.1 Å². The second-order valence-electron chi connectivity index (χ2n) is 5.79. The number of carbonyl (C=O) groups is 1. The molecule has 17 heavy (non-hydrogen) atoms. The van der Waals surface area contributed by atoms with Gasteiger partial charge in [-0.1, -0.05) is 26.0 Å². The Hall–Kier alpha value is -1.31. The van der Waals surface area contributed by atoms with E-state index >= 15 is 0 Å². The molecule has 1 aromatic carbocycles. The van der Waals surface area contributed by atoms with E-state index in [4.69, 9.17) is 4.74 Å². The van der Waals surface area contributed by atoms with Crippen molar-refractivity contribution in [1.82, 2.24) is 0 Å². The van der Waals surface area contributed by atoms with Gasteiger partial charge < -0.3 is 4.74 Å². The summed E-state index contributed by atoms with van der Waals surface area (Å²) in [6, 6.07) is 4.10. The molecule has 0 atom stereocenters. The summed E-state index contributed by atoms with van der Waals surface area (Å²) < 4.78 is 6.04. The molecule has 0 bridgehead atoms. The van der Waals surface area contributed by atoms with Crippen LogP contribution in [-0.4, -0.2) is 11.4 Å². The van der Waals surface area contributed by atoms with E-state index in [0.29, 0.717) is 12.3 Å². The zero-order chi connectivity index (χ0) is 12.8. The summed E-state index contributed by atoms with van der Waals surface area (Å²) in [5, 5.41) is 0. The molecule has 0 aromatic heterocycles. The van der Waals surface area contributed by atoms with E-state index in [2.05, 4.69) is 19.9 Å². The van der Waals surface area contributed by atoms with E-state index in [1.165, 1.54) is 0 Å². The topological polar surface area (TPSA) is 26.3 Å². The van der Waals surface area contributed by atoms with Crippen molar-refractivity contribution in [3.8, 4) is 5.75 Å². The van der Waals surface area contributed by atoms with Gasteiger partial charge in [-0.3, -0.25) is 4.79 Å². The van der Waals surface area contributed by atoms with Crippen molar-refractivity contribution in [2.24, 2.45) is 0 Å². The zero-order valence-corrected chi connectivity index (χ0v) is 11.3. The molecular weight excluding hydrogens is 212 g/mol. The number of fused-ring (bicyclic) bond motifs is 1. The smallest absolute Gasteiger partial charge is 0.170 e. The van der Waals surface area contributed by atoms with Crippen molar-refractivity contribution in [1.29, 1.82) is 0 Å². The highest BCUT2D eigenvalue weighted by atomic mass is 16.5. The molecule has 1 heterocycles. The molecule has 1 aliphatic heterocycles. The van der Waals surface area contributed by atoms with Gasteiger partial charge in [0.1, 0.15) is 11.4 Å². The van der Waals surface area contributed by atoms with Gasteiger partial charge >= 0.3 is 0 Å². The standard InChI is InChI=1S/C15H20O2/c1-9(2)11-7-6-10(3)13-12(16)8-15(4,5)17-14(11)13/h6-7,9H,8H2,1-5H3. The first kappa shape index (κ1) is 12.2. The van der Waals surface area contributed by atoms with Gasteiger partial charge in [-0.25, -0.2) is 0 Å². The predicted molar refractivity (Wildman–Crippen MR) is 68.9 cm³/mol. The number of Topliss-reactive ketones (excluding diaryl/α,β-unsaturated/α-hetero) is 1. The Morgan fingerprint density at radius 1 is 1.29 bits per heavy atom. The molecule has 1 aliphatic rings. The molecular formula is C15H20O2. The number of hydrogen-bond donors (Lipinski definition) is 0. The molecule has 2 nitrogen and oxygen atoms in total. The fourth-order valence-electron chi connectivity index (χ4n) is 2.40. The Morgan fingerprint density at radius 2 is 1.94 bits per heavy atom. The number of benzene rings is 1. The fraction of sp³-hybridized carbons (Fsp3) is 0.533. The lowest BCUT2D eigenvalue weighted by molar-refractivity contribution is 0.0611. The number of ether oxygens (including phenoxy) is 1. The van der Waals surface area contributed by atoms with Gasteiger partial charge in [-0.2, -0.15) is 0 Å². The first-order valence-electron chi connectivity index (χ1n) is 6.17. The van der Waals surface area contributed by atoms with Crippen LogP contribution in [0.3, 0.4) is 0 Å². The van der Waals surface area contributed by atoms with E-state index in [1.807, 2.05) is 26.8 Å². The first-order valence-corrected chi connectivity index (χ1v) is 6.17. The second-order valence-corrected chi connectivity index (χ2v) is 5.79. The summed E-state index contributed by atoms with van der Waals surface area (Å²) >= 11 is 0. The second kappa shape index (κ2) is 3.86. The van der Waals surface area contributed by atoms with Crippen molar-refractivity contribution in [2.75, 3.05) is 0 Å². The predicted octanol–water partition coefficient (Wildman–Crippen LogP) is 3.86. The molecule has 0 saturated heterocycles. The molecule has 0 unspecified atom stereocenters. The summed E-state index contributed by atoms with van der Waals surface area (Å²) in [6.07, 6.45) is 0.461. The summed E-state index contributed by atoms with van der Waals surface area (Å²) in [7, 11) is 0. The van der Waals surface area contributed by atoms with Crippen LogP contribution in [0.25, 0.3) is 0 Å². The summed E-state index contributed by atoms with van der Waals surface area (Å²) in [5.74, 6) is 1.38. The highest BCUT2D eigenvalue weighted by molar-refractivity contribution is 6.02. The molecule has 0 amide bonds. The normalized spacial score (nSPS) is 17.9. The van der Waals surface area contributed by atoms with Crippen LogP contribution in [0.5, 0.6) is 5.75 Å². The minimum absolute atomic E-state index is 0.205. The van der Waals surface area contributed by atoms with E-state index in [0.717, 1.165) is 22.4 Å². The van der Waals surface area contributed by atoms with Crippen LogP contribution in [0, 0.1) is 6.92 Å². The van der Waals surface area contributed by atoms with Crippen molar-refractivity contribution in [2.45, 2.75) is 52.6 Å². The maximum atomic E-state index is 12.2. The molecule has 0 fully saturated rings. The third kappa shape index (κ3) is 2.08. The van der Waals surface area contributed by atoms with E-state index in [-0.39, 0.29) is 11.4 Å². The first-order chi connectivity index (χ1) is 7.82. The van der Waals surface area contributed by atoms with Gasteiger partial charge in [0, 0.05) is 0 Å². The highest BCUT2D eigenvalue weighted by Gasteiger charge is 2.35. The van der Waals surface area contributed by atoms with Gasteiger partial charge in [0.15, 0.2) is 5.78 Å². The lowest BCUT2D eigenvalue weighted by Gasteiger charge is -2.34. The van der Waals surface area contributed by atoms with Gasteiger partial charge in [0.25, 0.3) is 0 Å². The molecule has 0 radical (unpaired) electrons. The maximum absolute atomic E-state index is 12.2. The Labute approximate surface area is 103 Å². The Balaban J connectivity index is 2.65. The van der Waals surface area contributed by atoms with Crippen molar-refractivity contribution >= 4 is 5.78 Å². The SMILES string of the molecule is Cc1ccc(C(C)C)c2c1C(=O)CC(C)(C)O2. The molecule has 0 N–H and O–H groups in total. The van der Waals surface area contributed by atoms with Crippen LogP contribution >= 0.6 is 0 Å². The number of ketones is 1. The average molecular weight is 232 g/mol. The molecule has 2 rings (SSSR count). The number of hydrogen-bond acceptors (Lipinski definition) is 2. The monoisotopic (exact) mass is 232 g/mol. The fourth-order valence-corrected chi connectivity index (χ4v) is 2.40. The summed E-state index contributed by atoms with van der Waals surface area (Å²) in [5.41, 5.74) is 2.55. The Bertz CT molecular complexity index is 470. The minimum Gasteiger partial charge on any atom is -0.486 e. The number of carbonyl (C=O) groups excluding carboxylic acids is 1. The molecule has 0 aliphatic carbocycles. The lowest BCUT2D eigenvalue weighted by atomic mass is 9.87. The third-order valence-corrected chi connectivity index (χ3v) is 3.26. The quantitative estimate of drug-likeness (QED) is 0.735. The molecule has 1 aromatic rings. The van der Waals surface area contributed by atoms with Crippen LogP contribution < -0.4 is 4.74 Å². The largest absolute Gasteiger partial charge is 0.486 e. The Morgan fingerprint density at radius 3 is 2.53 bits per heavy atom. The van der Waals surface area contributed by atoms with Crippen LogP contribution in [0.4, 0.5) is 0 Å². The Kier molecular flexibility index (Phi) is 2.76. The number of aryl methyl sites for hydroxylation is 1. The van der Waals surface area contributed by atoms with E-state index < -0.39 is 0 Å². The van der Waals surface area contributed by atoms with Crippen molar-refractivity contribution in [3.63, 3.8) is 0 Å². The maximum Gasteiger partial charge on any atom is 0.170 e. The van der Waals surface area contributed by atoms with E-state index in [9.17, 15) is 4.79 Å². The lowest BCUT2D eigenvalue weighted by Crippen LogP contribution is -2.36. The molecule has 92 valence electrons. The molecule has 2 heteroatoms. The average Bonchev–Trinajstić information content (AvgIpc) is 2.14. The molecule has 0 saturated carbocycles. The van der Waals surface area contributed by atoms with Crippen LogP contribution in [0.1, 0.15) is 61.5 Å². The van der Waals surface area contributed by atoms with Gasteiger partial charge in [0.2, 0.25) is 0 Å².